The number of piperazine rings is 1. The maximum Gasteiger partial charge on any atom is 0.416 e. The minimum absolute atomic E-state index is 0.0537. The number of alkyl halides is 3. The zero-order valence-corrected chi connectivity index (χ0v) is 17.0. The first-order valence-corrected chi connectivity index (χ1v) is 10.9. The molecule has 2 aromatic carbocycles. The summed E-state index contributed by atoms with van der Waals surface area (Å²) in [6.45, 7) is 0.459. The van der Waals surface area contributed by atoms with E-state index in [9.17, 15) is 26.4 Å². The Labute approximate surface area is 177 Å². The smallest absolute Gasteiger partial charge is 0.336 e. The highest BCUT2D eigenvalue weighted by Crippen LogP contribution is 2.30. The van der Waals surface area contributed by atoms with Crippen molar-refractivity contribution >= 4 is 26.8 Å². The van der Waals surface area contributed by atoms with Crippen LogP contribution in [0.25, 0.3) is 10.9 Å². The maximum absolute atomic E-state index is 13.0. The molecule has 3 aromatic rings. The largest absolute Gasteiger partial charge is 0.416 e. The molecule has 10 heteroatoms. The molecule has 6 nitrogen and oxygen atoms in total. The Morgan fingerprint density at radius 3 is 2.23 bits per heavy atom. The third-order valence-corrected chi connectivity index (χ3v) is 7.13. The van der Waals surface area contributed by atoms with E-state index in [4.69, 9.17) is 0 Å². The molecular formula is C21H18F3N3O3S. The molecule has 162 valence electrons. The van der Waals surface area contributed by atoms with Crippen LogP contribution < -0.4 is 0 Å². The number of sulfonamides is 1. The van der Waals surface area contributed by atoms with Crippen LogP contribution in [0.1, 0.15) is 15.9 Å². The van der Waals surface area contributed by atoms with Gasteiger partial charge >= 0.3 is 6.18 Å². The summed E-state index contributed by atoms with van der Waals surface area (Å²) in [5, 5.41) is 0.717. The maximum atomic E-state index is 13.0. The molecule has 0 radical (unpaired) electrons. The number of halogens is 3. The van der Waals surface area contributed by atoms with Crippen molar-refractivity contribution in [3.05, 3.63) is 71.9 Å². The van der Waals surface area contributed by atoms with Crippen LogP contribution in [0, 0.1) is 0 Å². The molecule has 0 atom stereocenters. The first kappa shape index (κ1) is 21.3. The number of pyridine rings is 1. The highest BCUT2D eigenvalue weighted by Gasteiger charge is 2.33. The molecule has 0 spiro atoms. The predicted octanol–water partition coefficient (Wildman–Crippen LogP) is 3.40. The van der Waals surface area contributed by atoms with Crippen LogP contribution in [0.4, 0.5) is 13.2 Å². The molecule has 1 fully saturated rings. The fraction of sp³-hybridized carbons (Fsp3) is 0.238. The van der Waals surface area contributed by atoms with Crippen molar-refractivity contribution in [2.24, 2.45) is 0 Å². The summed E-state index contributed by atoms with van der Waals surface area (Å²) in [6, 6.07) is 12.2. The van der Waals surface area contributed by atoms with Gasteiger partial charge in [0.15, 0.2) is 0 Å². The average molecular weight is 449 g/mol. The number of aromatic nitrogens is 1. The van der Waals surface area contributed by atoms with Crippen molar-refractivity contribution in [2.45, 2.75) is 11.1 Å². The fourth-order valence-corrected chi connectivity index (χ4v) is 4.98. The first-order chi connectivity index (χ1) is 14.7. The van der Waals surface area contributed by atoms with Crippen LogP contribution in [-0.2, 0) is 16.2 Å². The van der Waals surface area contributed by atoms with E-state index < -0.39 is 21.8 Å². The molecule has 4 rings (SSSR count). The van der Waals surface area contributed by atoms with E-state index in [0.29, 0.717) is 11.1 Å². The van der Waals surface area contributed by atoms with Crippen molar-refractivity contribution < 1.29 is 26.4 Å². The second-order valence-corrected chi connectivity index (χ2v) is 9.03. The van der Waals surface area contributed by atoms with Crippen molar-refractivity contribution in [1.29, 1.82) is 0 Å². The fourth-order valence-electron chi connectivity index (χ4n) is 3.56. The Balaban J connectivity index is 1.48. The molecule has 0 bridgehead atoms. The summed E-state index contributed by atoms with van der Waals surface area (Å²) in [6.07, 6.45) is -2.90. The summed E-state index contributed by atoms with van der Waals surface area (Å²) < 4.78 is 65.0. The minimum atomic E-state index is -4.54. The number of carbonyl (C=O) groups excluding carboxylic acids is 1. The number of nitrogens with zero attached hydrogens (tertiary/aromatic N) is 3. The number of hydrogen-bond acceptors (Lipinski definition) is 4. The van der Waals surface area contributed by atoms with Gasteiger partial charge in [-0.15, -0.1) is 0 Å². The lowest BCUT2D eigenvalue weighted by Gasteiger charge is -2.34. The van der Waals surface area contributed by atoms with Crippen LogP contribution in [0.2, 0.25) is 0 Å². The van der Waals surface area contributed by atoms with Gasteiger partial charge in [-0.1, -0.05) is 12.1 Å². The quantitative estimate of drug-likeness (QED) is 0.615. The Morgan fingerprint density at radius 1 is 0.903 bits per heavy atom. The van der Waals surface area contributed by atoms with Gasteiger partial charge in [-0.2, -0.15) is 17.5 Å². The Hall–Kier alpha value is -2.98. The Morgan fingerprint density at radius 2 is 1.58 bits per heavy atom. The van der Waals surface area contributed by atoms with Crippen LogP contribution in [0.15, 0.2) is 65.7 Å². The van der Waals surface area contributed by atoms with E-state index in [0.717, 1.165) is 29.7 Å². The summed E-state index contributed by atoms with van der Waals surface area (Å²) in [4.78, 5) is 18.6. The number of benzene rings is 2. The second kappa shape index (κ2) is 7.93. The number of hydrogen-bond donors (Lipinski definition) is 0. The van der Waals surface area contributed by atoms with E-state index in [2.05, 4.69) is 4.98 Å². The summed E-state index contributed by atoms with van der Waals surface area (Å²) in [5.41, 5.74) is 0.271. The minimum Gasteiger partial charge on any atom is -0.336 e. The summed E-state index contributed by atoms with van der Waals surface area (Å²) >= 11 is 0. The lowest BCUT2D eigenvalue weighted by molar-refractivity contribution is -0.137. The van der Waals surface area contributed by atoms with Crippen molar-refractivity contribution in [2.75, 3.05) is 26.2 Å². The van der Waals surface area contributed by atoms with Crippen molar-refractivity contribution in [3.8, 4) is 0 Å². The van der Waals surface area contributed by atoms with E-state index in [1.54, 1.807) is 41.4 Å². The van der Waals surface area contributed by atoms with E-state index in [1.165, 1.54) is 4.31 Å². The molecule has 0 aliphatic carbocycles. The van der Waals surface area contributed by atoms with Gasteiger partial charge in [0.05, 0.1) is 16.0 Å². The molecule has 1 amide bonds. The first-order valence-electron chi connectivity index (χ1n) is 9.48. The van der Waals surface area contributed by atoms with Crippen molar-refractivity contribution in [1.82, 2.24) is 14.2 Å². The average Bonchev–Trinajstić information content (AvgIpc) is 2.78. The lowest BCUT2D eigenvalue weighted by Crippen LogP contribution is -2.50. The second-order valence-electron chi connectivity index (χ2n) is 7.09. The zero-order chi connectivity index (χ0) is 22.2. The molecule has 0 saturated carbocycles. The Bertz CT molecular complexity index is 1210. The molecule has 1 aliphatic rings. The molecular weight excluding hydrogens is 431 g/mol. The molecule has 0 N–H and O–H groups in total. The molecule has 1 aromatic heterocycles. The number of rotatable bonds is 3. The highest BCUT2D eigenvalue weighted by molar-refractivity contribution is 7.89. The van der Waals surface area contributed by atoms with Gasteiger partial charge in [-0.25, -0.2) is 8.42 Å². The third kappa shape index (κ3) is 4.13. The number of fused-ring (bicyclic) bond motifs is 1. The molecule has 0 unspecified atom stereocenters. The van der Waals surface area contributed by atoms with Gasteiger partial charge in [0, 0.05) is 43.3 Å². The molecule has 2 heterocycles. The SMILES string of the molecule is O=C(c1cccc2ncccc12)N1CCN(S(=O)(=O)c2ccc(C(F)(F)F)cc2)CC1. The van der Waals surface area contributed by atoms with Gasteiger partial charge in [-0.3, -0.25) is 9.78 Å². The van der Waals surface area contributed by atoms with Gasteiger partial charge in [-0.05, 0) is 42.5 Å². The normalized spacial score (nSPS) is 15.9. The van der Waals surface area contributed by atoms with Gasteiger partial charge in [0.25, 0.3) is 5.91 Å². The topological polar surface area (TPSA) is 70.6 Å². The molecule has 31 heavy (non-hydrogen) atoms. The third-order valence-electron chi connectivity index (χ3n) is 5.22. The number of amides is 1. The van der Waals surface area contributed by atoms with E-state index in [1.807, 2.05) is 0 Å². The number of carbonyl (C=O) groups is 1. The highest BCUT2D eigenvalue weighted by atomic mass is 32.2. The monoisotopic (exact) mass is 449 g/mol. The molecule has 1 saturated heterocycles. The van der Waals surface area contributed by atoms with Crippen LogP contribution in [0.3, 0.4) is 0 Å². The van der Waals surface area contributed by atoms with Crippen LogP contribution >= 0.6 is 0 Å². The van der Waals surface area contributed by atoms with Gasteiger partial charge < -0.3 is 4.90 Å². The summed E-state index contributed by atoms with van der Waals surface area (Å²) in [5.74, 6) is -0.217. The predicted molar refractivity (Wildman–Crippen MR) is 108 cm³/mol. The van der Waals surface area contributed by atoms with E-state index in [-0.39, 0.29) is 37.0 Å². The standard InChI is InChI=1S/C21H18F3N3O3S/c22-21(23,24)15-6-8-16(9-7-15)31(29,30)27-13-11-26(12-14-27)20(28)18-3-1-5-19-17(18)4-2-10-25-19/h1-10H,11-14H2. The van der Waals surface area contributed by atoms with Crippen LogP contribution in [0.5, 0.6) is 0 Å². The van der Waals surface area contributed by atoms with Gasteiger partial charge in [0.2, 0.25) is 10.0 Å². The van der Waals surface area contributed by atoms with E-state index >= 15 is 0 Å². The van der Waals surface area contributed by atoms with Crippen LogP contribution in [-0.4, -0.2) is 54.7 Å². The summed E-state index contributed by atoms with van der Waals surface area (Å²) in [7, 11) is -3.95. The van der Waals surface area contributed by atoms with Gasteiger partial charge in [0.1, 0.15) is 0 Å². The molecule has 1 aliphatic heterocycles. The van der Waals surface area contributed by atoms with Crippen molar-refractivity contribution in [3.63, 3.8) is 0 Å². The lowest BCUT2D eigenvalue weighted by atomic mass is 10.1. The Kier molecular flexibility index (Phi) is 5.44. The zero-order valence-electron chi connectivity index (χ0n) is 16.2.